The zero-order valence-corrected chi connectivity index (χ0v) is 11.3. The quantitative estimate of drug-likeness (QED) is 0.660. The molecule has 1 rings (SSSR count). The maximum atomic E-state index is 11.4. The number of hydrogen-bond acceptors (Lipinski definition) is 4. The standard InChI is InChI=1S/C13H23N3O2/c1-3-5-7-11-10-12(17)16-13(15-11)14-8-6-9-18-4-2/h10H,3-9H2,1-2H3,(H2,14,15,16,17). The van der Waals surface area contributed by atoms with E-state index in [1.165, 1.54) is 0 Å². The number of hydrogen-bond donors (Lipinski definition) is 2. The fourth-order valence-corrected chi connectivity index (χ4v) is 1.60. The molecule has 0 unspecified atom stereocenters. The smallest absolute Gasteiger partial charge is 0.252 e. The van der Waals surface area contributed by atoms with E-state index in [0.29, 0.717) is 5.95 Å². The Labute approximate surface area is 108 Å². The van der Waals surface area contributed by atoms with E-state index in [9.17, 15) is 4.79 Å². The Hall–Kier alpha value is -1.36. The number of nitrogens with zero attached hydrogens (tertiary/aromatic N) is 1. The minimum absolute atomic E-state index is 0.0941. The highest BCUT2D eigenvalue weighted by atomic mass is 16.5. The van der Waals surface area contributed by atoms with Gasteiger partial charge in [-0.15, -0.1) is 0 Å². The third-order valence-corrected chi connectivity index (χ3v) is 2.54. The van der Waals surface area contributed by atoms with Crippen LogP contribution in [0.15, 0.2) is 10.9 Å². The molecule has 0 aromatic carbocycles. The lowest BCUT2D eigenvalue weighted by Crippen LogP contribution is -2.15. The van der Waals surface area contributed by atoms with Gasteiger partial charge in [-0.1, -0.05) is 13.3 Å². The van der Waals surface area contributed by atoms with Gasteiger partial charge in [0, 0.05) is 31.5 Å². The van der Waals surface area contributed by atoms with Crippen LogP contribution in [-0.2, 0) is 11.2 Å². The van der Waals surface area contributed by atoms with Gasteiger partial charge in [-0.25, -0.2) is 4.98 Å². The van der Waals surface area contributed by atoms with E-state index in [1.54, 1.807) is 6.07 Å². The number of anilines is 1. The first-order chi connectivity index (χ1) is 8.76. The summed E-state index contributed by atoms with van der Waals surface area (Å²) in [5, 5.41) is 3.11. The van der Waals surface area contributed by atoms with E-state index >= 15 is 0 Å². The van der Waals surface area contributed by atoms with Gasteiger partial charge in [-0.3, -0.25) is 9.78 Å². The molecule has 0 aliphatic carbocycles. The van der Waals surface area contributed by atoms with Gasteiger partial charge in [0.1, 0.15) is 0 Å². The predicted molar refractivity (Wildman–Crippen MR) is 73.1 cm³/mol. The van der Waals surface area contributed by atoms with Gasteiger partial charge in [-0.05, 0) is 26.2 Å². The van der Waals surface area contributed by atoms with Crippen molar-refractivity contribution in [2.75, 3.05) is 25.1 Å². The number of aryl methyl sites for hydroxylation is 1. The van der Waals surface area contributed by atoms with Gasteiger partial charge in [0.2, 0.25) is 5.95 Å². The summed E-state index contributed by atoms with van der Waals surface area (Å²) in [6, 6.07) is 1.57. The highest BCUT2D eigenvalue weighted by molar-refractivity contribution is 5.24. The highest BCUT2D eigenvalue weighted by Gasteiger charge is 2.00. The van der Waals surface area contributed by atoms with Crippen molar-refractivity contribution in [3.63, 3.8) is 0 Å². The van der Waals surface area contributed by atoms with Crippen LogP contribution < -0.4 is 10.9 Å². The summed E-state index contributed by atoms with van der Waals surface area (Å²) in [7, 11) is 0. The first kappa shape index (κ1) is 14.7. The zero-order valence-electron chi connectivity index (χ0n) is 11.3. The summed E-state index contributed by atoms with van der Waals surface area (Å²) < 4.78 is 5.24. The number of rotatable bonds is 9. The predicted octanol–water partition coefficient (Wildman–Crippen LogP) is 1.95. The Kier molecular flexibility index (Phi) is 7.10. The third kappa shape index (κ3) is 5.82. The number of aromatic nitrogens is 2. The molecular weight excluding hydrogens is 230 g/mol. The number of unbranched alkanes of at least 4 members (excludes halogenated alkanes) is 1. The molecule has 0 fully saturated rings. The average Bonchev–Trinajstić information content (AvgIpc) is 2.35. The van der Waals surface area contributed by atoms with Crippen LogP contribution in [0.25, 0.3) is 0 Å². The van der Waals surface area contributed by atoms with Gasteiger partial charge in [-0.2, -0.15) is 0 Å². The lowest BCUT2D eigenvalue weighted by molar-refractivity contribution is 0.147. The molecule has 5 nitrogen and oxygen atoms in total. The molecule has 0 aliphatic rings. The van der Waals surface area contributed by atoms with Crippen molar-refractivity contribution in [3.05, 3.63) is 22.1 Å². The van der Waals surface area contributed by atoms with Crippen molar-refractivity contribution in [1.82, 2.24) is 9.97 Å². The summed E-state index contributed by atoms with van der Waals surface area (Å²) in [6.45, 7) is 6.31. The van der Waals surface area contributed by atoms with Crippen molar-refractivity contribution < 1.29 is 4.74 Å². The largest absolute Gasteiger partial charge is 0.382 e. The van der Waals surface area contributed by atoms with E-state index < -0.39 is 0 Å². The van der Waals surface area contributed by atoms with Crippen LogP contribution in [-0.4, -0.2) is 29.7 Å². The summed E-state index contributed by atoms with van der Waals surface area (Å²) in [5.74, 6) is 0.560. The highest BCUT2D eigenvalue weighted by Crippen LogP contribution is 2.02. The molecule has 0 bridgehead atoms. The lowest BCUT2D eigenvalue weighted by atomic mass is 10.2. The van der Waals surface area contributed by atoms with Gasteiger partial charge >= 0.3 is 0 Å². The molecule has 0 spiro atoms. The van der Waals surface area contributed by atoms with Gasteiger partial charge in [0.25, 0.3) is 5.56 Å². The zero-order chi connectivity index (χ0) is 13.2. The van der Waals surface area contributed by atoms with Crippen molar-refractivity contribution in [2.24, 2.45) is 0 Å². The average molecular weight is 253 g/mol. The van der Waals surface area contributed by atoms with Crippen LogP contribution in [0, 0.1) is 0 Å². The number of nitrogens with one attached hydrogen (secondary N) is 2. The monoisotopic (exact) mass is 253 g/mol. The Balaban J connectivity index is 2.44. The third-order valence-electron chi connectivity index (χ3n) is 2.54. The molecule has 0 atom stereocenters. The molecule has 1 heterocycles. The van der Waals surface area contributed by atoms with Crippen molar-refractivity contribution in [2.45, 2.75) is 39.5 Å². The Morgan fingerprint density at radius 3 is 2.94 bits per heavy atom. The Morgan fingerprint density at radius 1 is 1.39 bits per heavy atom. The minimum Gasteiger partial charge on any atom is -0.382 e. The van der Waals surface area contributed by atoms with Crippen molar-refractivity contribution in [1.29, 1.82) is 0 Å². The van der Waals surface area contributed by atoms with Gasteiger partial charge < -0.3 is 10.1 Å². The molecule has 0 aliphatic heterocycles. The maximum Gasteiger partial charge on any atom is 0.252 e. The molecule has 1 aromatic heterocycles. The molecule has 1 aromatic rings. The van der Waals surface area contributed by atoms with Crippen LogP contribution in [0.1, 0.15) is 38.8 Å². The fraction of sp³-hybridized carbons (Fsp3) is 0.692. The first-order valence-electron chi connectivity index (χ1n) is 6.68. The Bertz CT molecular complexity index is 390. The summed E-state index contributed by atoms with van der Waals surface area (Å²) in [5.41, 5.74) is 0.760. The first-order valence-corrected chi connectivity index (χ1v) is 6.68. The van der Waals surface area contributed by atoms with E-state index in [-0.39, 0.29) is 5.56 Å². The van der Waals surface area contributed by atoms with Gasteiger partial charge in [0.15, 0.2) is 0 Å². The summed E-state index contributed by atoms with van der Waals surface area (Å²) in [4.78, 5) is 18.5. The van der Waals surface area contributed by atoms with Crippen LogP contribution in [0.5, 0.6) is 0 Å². The van der Waals surface area contributed by atoms with Crippen molar-refractivity contribution >= 4 is 5.95 Å². The molecule has 18 heavy (non-hydrogen) atoms. The topological polar surface area (TPSA) is 67.0 Å². The summed E-state index contributed by atoms with van der Waals surface area (Å²) >= 11 is 0. The van der Waals surface area contributed by atoms with Crippen LogP contribution >= 0.6 is 0 Å². The van der Waals surface area contributed by atoms with Gasteiger partial charge in [0.05, 0.1) is 0 Å². The molecule has 5 heteroatoms. The molecule has 102 valence electrons. The van der Waals surface area contributed by atoms with E-state index in [2.05, 4.69) is 22.2 Å². The summed E-state index contributed by atoms with van der Waals surface area (Å²) in [6.07, 6.45) is 3.91. The second-order valence-electron chi connectivity index (χ2n) is 4.17. The van der Waals surface area contributed by atoms with Crippen LogP contribution in [0.4, 0.5) is 5.95 Å². The molecule has 0 radical (unpaired) electrons. The Morgan fingerprint density at radius 2 is 2.22 bits per heavy atom. The molecular formula is C13H23N3O2. The molecule has 0 saturated heterocycles. The SMILES string of the molecule is CCCCc1cc(=O)[nH]c(NCCCOCC)n1. The molecule has 2 N–H and O–H groups in total. The number of H-pyrrole nitrogens is 1. The minimum atomic E-state index is -0.0941. The molecule has 0 amide bonds. The molecule has 0 saturated carbocycles. The van der Waals surface area contributed by atoms with Crippen LogP contribution in [0.2, 0.25) is 0 Å². The lowest BCUT2D eigenvalue weighted by Gasteiger charge is -2.07. The second kappa shape index (κ2) is 8.69. The van der Waals surface area contributed by atoms with E-state index in [4.69, 9.17) is 4.74 Å². The second-order valence-corrected chi connectivity index (χ2v) is 4.17. The fourth-order valence-electron chi connectivity index (χ4n) is 1.60. The maximum absolute atomic E-state index is 11.4. The van der Waals surface area contributed by atoms with Crippen molar-refractivity contribution in [3.8, 4) is 0 Å². The number of ether oxygens (including phenoxy) is 1. The van der Waals surface area contributed by atoms with E-state index in [0.717, 1.165) is 51.1 Å². The number of aromatic amines is 1. The van der Waals surface area contributed by atoms with E-state index in [1.807, 2.05) is 6.92 Å². The van der Waals surface area contributed by atoms with Crippen LogP contribution in [0.3, 0.4) is 0 Å². The normalized spacial score (nSPS) is 10.6.